The van der Waals surface area contributed by atoms with Crippen molar-refractivity contribution in [2.24, 2.45) is 5.92 Å². The number of aliphatic carboxylic acids is 1. The fraction of sp³-hybridized carbons (Fsp3) is 0.300. The van der Waals surface area contributed by atoms with Gasteiger partial charge in [-0.05, 0) is 35.7 Å². The highest BCUT2D eigenvalue weighted by Gasteiger charge is 2.24. The Hall–Kier alpha value is -3.02. The molecule has 2 aromatic carbocycles. The number of cyclic esters (lactones) is 1. The summed E-state index contributed by atoms with van der Waals surface area (Å²) in [6, 6.07) is 9.14. The maximum absolute atomic E-state index is 11.7. The number of esters is 1. The van der Waals surface area contributed by atoms with Crippen molar-refractivity contribution in [1.29, 1.82) is 0 Å². The van der Waals surface area contributed by atoms with E-state index in [1.54, 1.807) is 26.2 Å². The molecule has 0 aliphatic carbocycles. The standard InChI is InChI=1S/C20H20O6/c1-11(19(21)22)8-16-14(6-7-17(24-2)18(16)25-3)12-4-5-15-13(9-12)10-26-20(15)23/h4-7,9,11H,8,10H2,1-3H3,(H,21,22). The minimum Gasteiger partial charge on any atom is -0.493 e. The van der Waals surface area contributed by atoms with Crippen LogP contribution < -0.4 is 9.47 Å². The zero-order valence-electron chi connectivity index (χ0n) is 14.9. The van der Waals surface area contributed by atoms with E-state index in [-0.39, 0.29) is 19.0 Å². The van der Waals surface area contributed by atoms with Crippen molar-refractivity contribution in [3.8, 4) is 22.6 Å². The summed E-state index contributed by atoms with van der Waals surface area (Å²) < 4.78 is 15.9. The minimum atomic E-state index is -0.881. The number of carboxylic acids is 1. The molecule has 1 atom stereocenters. The fourth-order valence-electron chi connectivity index (χ4n) is 3.16. The van der Waals surface area contributed by atoms with Gasteiger partial charge in [0.05, 0.1) is 25.7 Å². The van der Waals surface area contributed by atoms with E-state index in [2.05, 4.69) is 0 Å². The minimum absolute atomic E-state index is 0.246. The van der Waals surface area contributed by atoms with E-state index in [4.69, 9.17) is 14.2 Å². The van der Waals surface area contributed by atoms with Crippen LogP contribution in [-0.2, 0) is 22.6 Å². The molecule has 0 saturated carbocycles. The lowest BCUT2D eigenvalue weighted by Crippen LogP contribution is -2.14. The van der Waals surface area contributed by atoms with Gasteiger partial charge in [-0.25, -0.2) is 4.79 Å². The number of carbonyl (C=O) groups is 2. The van der Waals surface area contributed by atoms with Gasteiger partial charge in [-0.1, -0.05) is 19.1 Å². The average Bonchev–Trinajstić information content (AvgIpc) is 3.01. The monoisotopic (exact) mass is 356 g/mol. The van der Waals surface area contributed by atoms with Crippen LogP contribution >= 0.6 is 0 Å². The molecule has 1 aliphatic rings. The Morgan fingerprint density at radius 1 is 1.19 bits per heavy atom. The van der Waals surface area contributed by atoms with Crippen LogP contribution in [0.4, 0.5) is 0 Å². The number of hydrogen-bond acceptors (Lipinski definition) is 5. The van der Waals surface area contributed by atoms with Crippen LogP contribution in [0.25, 0.3) is 11.1 Å². The SMILES string of the molecule is COc1ccc(-c2ccc3c(c2)COC3=O)c(CC(C)C(=O)O)c1OC. The van der Waals surface area contributed by atoms with Crippen LogP contribution in [0, 0.1) is 5.92 Å². The van der Waals surface area contributed by atoms with Crippen LogP contribution in [0.15, 0.2) is 30.3 Å². The van der Waals surface area contributed by atoms with Gasteiger partial charge in [0.15, 0.2) is 11.5 Å². The first-order valence-corrected chi connectivity index (χ1v) is 8.23. The summed E-state index contributed by atoms with van der Waals surface area (Å²) in [5, 5.41) is 9.32. The molecular weight excluding hydrogens is 336 g/mol. The van der Waals surface area contributed by atoms with Crippen LogP contribution in [0.2, 0.25) is 0 Å². The highest BCUT2D eigenvalue weighted by molar-refractivity contribution is 5.94. The van der Waals surface area contributed by atoms with Crippen molar-refractivity contribution in [3.63, 3.8) is 0 Å². The molecule has 0 radical (unpaired) electrons. The van der Waals surface area contributed by atoms with Crippen molar-refractivity contribution in [2.45, 2.75) is 20.0 Å². The topological polar surface area (TPSA) is 82.1 Å². The second-order valence-corrected chi connectivity index (χ2v) is 6.22. The fourth-order valence-corrected chi connectivity index (χ4v) is 3.16. The molecule has 0 fully saturated rings. The smallest absolute Gasteiger partial charge is 0.338 e. The van der Waals surface area contributed by atoms with Crippen molar-refractivity contribution in [1.82, 2.24) is 0 Å². The normalized spacial score (nSPS) is 13.7. The Bertz CT molecular complexity index is 871. The molecule has 6 nitrogen and oxygen atoms in total. The molecular formula is C20H20O6. The van der Waals surface area contributed by atoms with Gasteiger partial charge in [-0.2, -0.15) is 0 Å². The van der Waals surface area contributed by atoms with E-state index in [1.165, 1.54) is 7.11 Å². The number of fused-ring (bicyclic) bond motifs is 1. The van der Waals surface area contributed by atoms with Crippen LogP contribution in [0.5, 0.6) is 11.5 Å². The Kier molecular flexibility index (Phi) is 4.84. The van der Waals surface area contributed by atoms with E-state index in [0.29, 0.717) is 17.1 Å². The molecule has 1 unspecified atom stereocenters. The first kappa shape index (κ1) is 17.8. The average molecular weight is 356 g/mol. The molecule has 2 aromatic rings. The third-order valence-corrected chi connectivity index (χ3v) is 4.58. The van der Waals surface area contributed by atoms with Gasteiger partial charge < -0.3 is 19.3 Å². The van der Waals surface area contributed by atoms with Crippen molar-refractivity contribution in [2.75, 3.05) is 14.2 Å². The summed E-state index contributed by atoms with van der Waals surface area (Å²) in [6.07, 6.45) is 0.289. The van der Waals surface area contributed by atoms with Gasteiger partial charge in [0.2, 0.25) is 0 Å². The highest BCUT2D eigenvalue weighted by atomic mass is 16.5. The van der Waals surface area contributed by atoms with E-state index in [9.17, 15) is 14.7 Å². The molecule has 0 saturated heterocycles. The molecule has 0 bridgehead atoms. The number of benzene rings is 2. The first-order valence-electron chi connectivity index (χ1n) is 8.23. The maximum atomic E-state index is 11.7. The lowest BCUT2D eigenvalue weighted by Gasteiger charge is -2.19. The van der Waals surface area contributed by atoms with Crippen molar-refractivity contribution in [3.05, 3.63) is 47.0 Å². The van der Waals surface area contributed by atoms with Gasteiger partial charge in [-0.15, -0.1) is 0 Å². The molecule has 0 amide bonds. The quantitative estimate of drug-likeness (QED) is 0.800. The lowest BCUT2D eigenvalue weighted by molar-refractivity contribution is -0.141. The van der Waals surface area contributed by atoms with Crippen LogP contribution in [0.3, 0.4) is 0 Å². The predicted octanol–water partition coefficient (Wildman–Crippen LogP) is 3.30. The van der Waals surface area contributed by atoms with E-state index in [1.807, 2.05) is 18.2 Å². The molecule has 26 heavy (non-hydrogen) atoms. The van der Waals surface area contributed by atoms with E-state index in [0.717, 1.165) is 22.3 Å². The number of carboxylic acid groups (broad SMARTS) is 1. The Balaban J connectivity index is 2.14. The zero-order valence-corrected chi connectivity index (χ0v) is 14.9. The second kappa shape index (κ2) is 7.07. The predicted molar refractivity (Wildman–Crippen MR) is 94.6 cm³/mol. The molecule has 0 aromatic heterocycles. The molecule has 1 aliphatic heterocycles. The number of carbonyl (C=O) groups excluding carboxylic acids is 1. The zero-order chi connectivity index (χ0) is 18.8. The Morgan fingerprint density at radius 2 is 1.92 bits per heavy atom. The van der Waals surface area contributed by atoms with Crippen LogP contribution in [0.1, 0.15) is 28.4 Å². The number of methoxy groups -OCH3 is 2. The molecule has 136 valence electrons. The van der Waals surface area contributed by atoms with Crippen molar-refractivity contribution >= 4 is 11.9 Å². The summed E-state index contributed by atoms with van der Waals surface area (Å²) in [5.41, 5.74) is 3.86. The van der Waals surface area contributed by atoms with Gasteiger partial charge in [0, 0.05) is 11.1 Å². The van der Waals surface area contributed by atoms with E-state index >= 15 is 0 Å². The summed E-state index contributed by atoms with van der Waals surface area (Å²) in [7, 11) is 3.08. The third-order valence-electron chi connectivity index (χ3n) is 4.58. The molecule has 0 spiro atoms. The summed E-state index contributed by atoms with van der Waals surface area (Å²) in [6.45, 7) is 1.90. The molecule has 1 heterocycles. The summed E-state index contributed by atoms with van der Waals surface area (Å²) in [4.78, 5) is 23.0. The van der Waals surface area contributed by atoms with Gasteiger partial charge in [0.25, 0.3) is 0 Å². The summed E-state index contributed by atoms with van der Waals surface area (Å²) in [5.74, 6) is -0.726. The van der Waals surface area contributed by atoms with Crippen LogP contribution in [-0.4, -0.2) is 31.3 Å². The Morgan fingerprint density at radius 3 is 2.58 bits per heavy atom. The third kappa shape index (κ3) is 3.10. The number of hydrogen-bond donors (Lipinski definition) is 1. The van der Waals surface area contributed by atoms with Gasteiger partial charge >= 0.3 is 11.9 Å². The second-order valence-electron chi connectivity index (χ2n) is 6.22. The maximum Gasteiger partial charge on any atom is 0.338 e. The first-order chi connectivity index (χ1) is 12.5. The van der Waals surface area contributed by atoms with Crippen molar-refractivity contribution < 1.29 is 28.9 Å². The summed E-state index contributed by atoms with van der Waals surface area (Å²) >= 11 is 0. The Labute approximate surface area is 151 Å². The lowest BCUT2D eigenvalue weighted by atomic mass is 9.90. The highest BCUT2D eigenvalue weighted by Crippen LogP contribution is 2.40. The largest absolute Gasteiger partial charge is 0.493 e. The molecule has 6 heteroatoms. The molecule has 1 N–H and O–H groups in total. The van der Waals surface area contributed by atoms with E-state index < -0.39 is 11.9 Å². The number of ether oxygens (including phenoxy) is 3. The number of rotatable bonds is 6. The van der Waals surface area contributed by atoms with Gasteiger partial charge in [0.1, 0.15) is 6.61 Å². The van der Waals surface area contributed by atoms with Gasteiger partial charge in [-0.3, -0.25) is 4.79 Å². The molecule has 3 rings (SSSR count).